The van der Waals surface area contributed by atoms with Crippen LogP contribution in [0.5, 0.6) is 0 Å². The van der Waals surface area contributed by atoms with E-state index >= 15 is 0 Å². The Labute approximate surface area is 85.0 Å². The zero-order chi connectivity index (χ0) is 10.3. The lowest BCUT2D eigenvalue weighted by molar-refractivity contribution is -0.710. The lowest BCUT2D eigenvalue weighted by Crippen LogP contribution is -2.40. The highest BCUT2D eigenvalue weighted by Gasteiger charge is 2.25. The molecule has 1 aromatic heterocycles. The Kier molecular flexibility index (Phi) is 2.06. The van der Waals surface area contributed by atoms with Crippen LogP contribution in [0.2, 0.25) is 0 Å². The summed E-state index contributed by atoms with van der Waals surface area (Å²) in [6.07, 6.45) is 6.59. The molecule has 1 aliphatic rings. The number of hydrogen-bond acceptors (Lipinski definition) is 0. The minimum Gasteiger partial charge on any atom is -0.245 e. The first-order chi connectivity index (χ1) is 6.59. The molecule has 0 saturated heterocycles. The maximum atomic E-state index is 3.33. The normalized spacial score (nSPS) is 17.1. The van der Waals surface area contributed by atoms with E-state index in [1.54, 1.807) is 0 Å². The number of aryl methyl sites for hydroxylation is 2. The molecular formula is C12H17N2+. The number of aromatic nitrogens is 2. The molecule has 74 valence electrons. The predicted molar refractivity (Wildman–Crippen MR) is 57.0 cm³/mol. The van der Waals surface area contributed by atoms with Crippen LogP contribution in [-0.2, 0) is 0 Å². The van der Waals surface area contributed by atoms with E-state index in [2.05, 4.69) is 55.6 Å². The van der Waals surface area contributed by atoms with Gasteiger partial charge in [0.2, 0.25) is 0 Å². The van der Waals surface area contributed by atoms with Crippen LogP contribution in [0.15, 0.2) is 29.5 Å². The van der Waals surface area contributed by atoms with Gasteiger partial charge in [0.25, 0.3) is 5.82 Å². The van der Waals surface area contributed by atoms with Gasteiger partial charge in [0, 0.05) is 13.8 Å². The predicted octanol–water partition coefficient (Wildman–Crippen LogP) is 2.37. The van der Waals surface area contributed by atoms with Crippen molar-refractivity contribution in [2.75, 3.05) is 0 Å². The van der Waals surface area contributed by atoms with Gasteiger partial charge in [-0.1, -0.05) is 12.2 Å². The van der Waals surface area contributed by atoms with Crippen molar-refractivity contribution in [1.82, 2.24) is 4.98 Å². The highest BCUT2D eigenvalue weighted by molar-refractivity contribution is 5.31. The molecule has 0 atom stereocenters. The summed E-state index contributed by atoms with van der Waals surface area (Å²) < 4.78 is 2.31. The molecule has 0 unspecified atom stereocenters. The Morgan fingerprint density at radius 1 is 1.07 bits per heavy atom. The topological polar surface area (TPSA) is 19.7 Å². The number of nitrogens with one attached hydrogen (secondary N) is 1. The van der Waals surface area contributed by atoms with Crippen LogP contribution < -0.4 is 4.57 Å². The highest BCUT2D eigenvalue weighted by atomic mass is 15.1. The van der Waals surface area contributed by atoms with E-state index in [1.165, 1.54) is 22.7 Å². The van der Waals surface area contributed by atoms with Crippen LogP contribution in [0, 0.1) is 13.8 Å². The molecule has 0 radical (unpaired) electrons. The van der Waals surface area contributed by atoms with Crippen LogP contribution in [0.25, 0.3) is 0 Å². The molecule has 0 amide bonds. The summed E-state index contributed by atoms with van der Waals surface area (Å²) in [6, 6.07) is 0.431. The second-order valence-electron chi connectivity index (χ2n) is 4.15. The first kappa shape index (κ1) is 9.25. The molecule has 1 heterocycles. The zero-order valence-corrected chi connectivity index (χ0v) is 9.26. The largest absolute Gasteiger partial charge is 0.251 e. The van der Waals surface area contributed by atoms with Crippen molar-refractivity contribution in [3.8, 4) is 0 Å². The molecule has 0 spiro atoms. The van der Waals surface area contributed by atoms with Gasteiger partial charge in [-0.3, -0.25) is 0 Å². The summed E-state index contributed by atoms with van der Waals surface area (Å²) in [7, 11) is 0. The van der Waals surface area contributed by atoms with Gasteiger partial charge in [0.15, 0.2) is 0 Å². The highest BCUT2D eigenvalue weighted by Crippen LogP contribution is 2.26. The molecule has 14 heavy (non-hydrogen) atoms. The molecule has 0 fully saturated rings. The van der Waals surface area contributed by atoms with Crippen molar-refractivity contribution in [3.05, 3.63) is 41.0 Å². The Morgan fingerprint density at radius 2 is 1.64 bits per heavy atom. The van der Waals surface area contributed by atoms with Gasteiger partial charge in [-0.2, -0.15) is 0 Å². The third kappa shape index (κ3) is 1.31. The van der Waals surface area contributed by atoms with Crippen molar-refractivity contribution >= 4 is 0 Å². The van der Waals surface area contributed by atoms with Crippen molar-refractivity contribution in [3.63, 3.8) is 0 Å². The first-order valence-corrected chi connectivity index (χ1v) is 5.02. The summed E-state index contributed by atoms with van der Waals surface area (Å²) in [6.45, 7) is 8.58. The molecule has 2 nitrogen and oxygen atoms in total. The van der Waals surface area contributed by atoms with Gasteiger partial charge >= 0.3 is 0 Å². The molecule has 0 aromatic carbocycles. The molecule has 2 rings (SSSR count). The fraction of sp³-hybridized carbons (Fsp3) is 0.417. The molecule has 1 aromatic rings. The number of H-pyrrole nitrogens is 1. The summed E-state index contributed by atoms with van der Waals surface area (Å²) in [5.41, 5.74) is 4.04. The summed E-state index contributed by atoms with van der Waals surface area (Å²) in [4.78, 5) is 3.33. The quantitative estimate of drug-likeness (QED) is 0.654. The van der Waals surface area contributed by atoms with E-state index < -0.39 is 0 Å². The molecule has 0 aliphatic heterocycles. The molecule has 1 aliphatic carbocycles. The third-order valence-corrected chi connectivity index (χ3v) is 2.85. The average Bonchev–Trinajstić information content (AvgIpc) is 2.57. The van der Waals surface area contributed by atoms with Gasteiger partial charge in [0.05, 0.1) is 0 Å². The maximum Gasteiger partial charge on any atom is 0.251 e. The van der Waals surface area contributed by atoms with E-state index in [4.69, 9.17) is 0 Å². The van der Waals surface area contributed by atoms with Crippen molar-refractivity contribution < 1.29 is 4.57 Å². The van der Waals surface area contributed by atoms with Gasteiger partial charge in [-0.15, -0.1) is 0 Å². The first-order valence-electron chi connectivity index (χ1n) is 5.02. The molecular weight excluding hydrogens is 172 g/mol. The van der Waals surface area contributed by atoms with Crippen LogP contribution in [0.4, 0.5) is 0 Å². The molecule has 2 heteroatoms. The monoisotopic (exact) mass is 189 g/mol. The lowest BCUT2D eigenvalue weighted by atomic mass is 10.1. The van der Waals surface area contributed by atoms with E-state index in [-0.39, 0.29) is 0 Å². The van der Waals surface area contributed by atoms with Crippen molar-refractivity contribution in [1.29, 1.82) is 0 Å². The summed E-state index contributed by atoms with van der Waals surface area (Å²) >= 11 is 0. The van der Waals surface area contributed by atoms with Crippen LogP contribution >= 0.6 is 0 Å². The van der Waals surface area contributed by atoms with Crippen LogP contribution in [-0.4, -0.2) is 4.98 Å². The van der Waals surface area contributed by atoms with Gasteiger partial charge in [0.1, 0.15) is 17.9 Å². The van der Waals surface area contributed by atoms with Crippen LogP contribution in [0.1, 0.15) is 31.4 Å². The lowest BCUT2D eigenvalue weighted by Gasteiger charge is -2.11. The van der Waals surface area contributed by atoms with E-state index in [1.807, 2.05) is 0 Å². The Balaban J connectivity index is 2.45. The van der Waals surface area contributed by atoms with E-state index in [0.717, 1.165) is 0 Å². The maximum absolute atomic E-state index is 3.33. The molecule has 1 N–H and O–H groups in total. The number of hydrogen-bond donors (Lipinski definition) is 1. The minimum atomic E-state index is 0.431. The van der Waals surface area contributed by atoms with E-state index in [9.17, 15) is 0 Å². The third-order valence-electron chi connectivity index (χ3n) is 2.85. The number of imidazole rings is 1. The van der Waals surface area contributed by atoms with Gasteiger partial charge in [-0.25, -0.2) is 9.55 Å². The summed E-state index contributed by atoms with van der Waals surface area (Å²) in [5.74, 6) is 1.22. The van der Waals surface area contributed by atoms with Crippen LogP contribution in [0.3, 0.4) is 0 Å². The second kappa shape index (κ2) is 3.12. The van der Waals surface area contributed by atoms with Crippen molar-refractivity contribution in [2.45, 2.75) is 33.7 Å². The molecule has 0 bridgehead atoms. The minimum absolute atomic E-state index is 0.431. The van der Waals surface area contributed by atoms with Crippen molar-refractivity contribution in [2.24, 2.45) is 0 Å². The number of aromatic amines is 1. The van der Waals surface area contributed by atoms with E-state index in [0.29, 0.717) is 6.04 Å². The number of nitrogens with zero attached hydrogens (tertiary/aromatic N) is 1. The Bertz CT molecular complexity index is 404. The smallest absolute Gasteiger partial charge is 0.245 e. The van der Waals surface area contributed by atoms with Gasteiger partial charge < -0.3 is 0 Å². The second-order valence-corrected chi connectivity index (χ2v) is 4.15. The van der Waals surface area contributed by atoms with Gasteiger partial charge in [-0.05, 0) is 25.0 Å². The standard InChI is InChI=1S/C12H16N2/c1-8-5-6-9(2)12(8)14-7-10(3)13-11(14)4/h5-7,12H,1-4H3/p+1. The zero-order valence-electron chi connectivity index (χ0n) is 9.26. The number of allylic oxidation sites excluding steroid dienone is 4. The Morgan fingerprint density at radius 3 is 2.07 bits per heavy atom. The average molecular weight is 189 g/mol. The molecule has 0 saturated carbocycles. The number of rotatable bonds is 1. The fourth-order valence-corrected chi connectivity index (χ4v) is 2.20. The Hall–Kier alpha value is -1.31. The fourth-order valence-electron chi connectivity index (χ4n) is 2.20. The summed E-state index contributed by atoms with van der Waals surface area (Å²) in [5, 5.41) is 0. The SMILES string of the molecule is CC1=CC=C(C)C1[n+]1cc(C)[nH]c1C.